The number of amides is 1. The maximum atomic E-state index is 12.0. The van der Waals surface area contributed by atoms with E-state index in [4.69, 9.17) is 0 Å². The summed E-state index contributed by atoms with van der Waals surface area (Å²) >= 11 is 0. The quantitative estimate of drug-likeness (QED) is 0.872. The third-order valence-electron chi connectivity index (χ3n) is 3.06. The Labute approximate surface area is 110 Å². The largest absolute Gasteiger partial charge is 0.325 e. The van der Waals surface area contributed by atoms with Gasteiger partial charge in [-0.2, -0.15) is 0 Å². The van der Waals surface area contributed by atoms with Crippen molar-refractivity contribution in [1.82, 2.24) is 5.32 Å². The molecule has 4 nitrogen and oxygen atoms in total. The van der Waals surface area contributed by atoms with Crippen LogP contribution >= 0.6 is 0 Å². The van der Waals surface area contributed by atoms with Crippen molar-refractivity contribution in [2.24, 2.45) is 0 Å². The van der Waals surface area contributed by atoms with E-state index in [-0.39, 0.29) is 11.9 Å². The molecule has 1 aliphatic rings. The summed E-state index contributed by atoms with van der Waals surface area (Å²) < 4.78 is 11.4. The van der Waals surface area contributed by atoms with Crippen molar-refractivity contribution in [3.63, 3.8) is 0 Å². The van der Waals surface area contributed by atoms with E-state index in [1.54, 1.807) is 24.5 Å². The second-order valence-electron chi connectivity index (χ2n) is 4.47. The predicted molar refractivity (Wildman–Crippen MR) is 73.0 cm³/mol. The first kappa shape index (κ1) is 13.2. The van der Waals surface area contributed by atoms with Crippen LogP contribution in [0.4, 0.5) is 5.69 Å². The summed E-state index contributed by atoms with van der Waals surface area (Å²) in [6, 6.07) is 7.08. The Morgan fingerprint density at radius 3 is 2.94 bits per heavy atom. The maximum Gasteiger partial charge on any atom is 0.241 e. The molecule has 0 spiro atoms. The van der Waals surface area contributed by atoms with Crippen LogP contribution in [0.5, 0.6) is 0 Å². The van der Waals surface area contributed by atoms with E-state index in [1.807, 2.05) is 6.07 Å². The first-order valence-electron chi connectivity index (χ1n) is 6.14. The normalized spacial score (nSPS) is 21.3. The molecule has 2 unspecified atom stereocenters. The monoisotopic (exact) mass is 266 g/mol. The van der Waals surface area contributed by atoms with Gasteiger partial charge in [0.25, 0.3) is 0 Å². The van der Waals surface area contributed by atoms with Crippen molar-refractivity contribution in [2.45, 2.75) is 30.2 Å². The van der Waals surface area contributed by atoms with Gasteiger partial charge in [0.15, 0.2) is 0 Å². The number of hydrogen-bond donors (Lipinski definition) is 2. The highest BCUT2D eigenvalue weighted by Gasteiger charge is 2.20. The molecule has 2 atom stereocenters. The fourth-order valence-electron chi connectivity index (χ4n) is 2.06. The van der Waals surface area contributed by atoms with Gasteiger partial charge < -0.3 is 10.6 Å². The number of anilines is 1. The molecule has 98 valence electrons. The van der Waals surface area contributed by atoms with Crippen LogP contribution in [0.25, 0.3) is 0 Å². The number of carbonyl (C=O) groups is 1. The highest BCUT2D eigenvalue weighted by molar-refractivity contribution is 7.84. The molecular weight excluding hydrogens is 248 g/mol. The molecule has 5 heteroatoms. The zero-order chi connectivity index (χ0) is 13.0. The molecule has 0 radical (unpaired) electrons. The molecule has 0 aromatic heterocycles. The molecule has 0 aliphatic carbocycles. The summed E-state index contributed by atoms with van der Waals surface area (Å²) in [5.74, 6) is -0.00580. The van der Waals surface area contributed by atoms with Gasteiger partial charge in [-0.25, -0.2) is 0 Å². The van der Waals surface area contributed by atoms with E-state index >= 15 is 0 Å². The van der Waals surface area contributed by atoms with Gasteiger partial charge in [-0.3, -0.25) is 9.00 Å². The van der Waals surface area contributed by atoms with Gasteiger partial charge in [0, 0.05) is 27.6 Å². The fourth-order valence-corrected chi connectivity index (χ4v) is 2.62. The molecular formula is C13H18N2O2S. The van der Waals surface area contributed by atoms with Gasteiger partial charge in [-0.1, -0.05) is 12.5 Å². The SMILES string of the molecule is CS(=O)c1cccc(NC(=O)C2CCCCN2)c1. The van der Waals surface area contributed by atoms with E-state index in [0.29, 0.717) is 5.69 Å². The Bertz CT molecular complexity index is 456. The van der Waals surface area contributed by atoms with E-state index in [1.165, 1.54) is 0 Å². The van der Waals surface area contributed by atoms with Crippen molar-refractivity contribution in [3.05, 3.63) is 24.3 Å². The third kappa shape index (κ3) is 3.40. The minimum absolute atomic E-state index is 0.00580. The van der Waals surface area contributed by atoms with Crippen molar-refractivity contribution < 1.29 is 9.00 Å². The van der Waals surface area contributed by atoms with Gasteiger partial charge >= 0.3 is 0 Å². The standard InChI is InChI=1S/C13H18N2O2S/c1-18(17)11-6-4-5-10(9-11)15-13(16)12-7-2-3-8-14-12/h4-6,9,12,14H,2-3,7-8H2,1H3,(H,15,16). The van der Waals surface area contributed by atoms with Crippen LogP contribution in [0.2, 0.25) is 0 Å². The fraction of sp³-hybridized carbons (Fsp3) is 0.462. The number of benzene rings is 1. The third-order valence-corrected chi connectivity index (χ3v) is 3.98. The van der Waals surface area contributed by atoms with Crippen LogP contribution in [-0.2, 0) is 15.6 Å². The van der Waals surface area contributed by atoms with Crippen molar-refractivity contribution in [2.75, 3.05) is 18.1 Å². The summed E-state index contributed by atoms with van der Waals surface area (Å²) in [5, 5.41) is 6.08. The topological polar surface area (TPSA) is 58.2 Å². The van der Waals surface area contributed by atoms with Gasteiger partial charge in [0.1, 0.15) is 0 Å². The maximum absolute atomic E-state index is 12.0. The molecule has 1 amide bonds. The van der Waals surface area contributed by atoms with Crippen LogP contribution in [0, 0.1) is 0 Å². The van der Waals surface area contributed by atoms with Gasteiger partial charge in [0.05, 0.1) is 6.04 Å². The van der Waals surface area contributed by atoms with Crippen molar-refractivity contribution in [1.29, 1.82) is 0 Å². The highest BCUT2D eigenvalue weighted by atomic mass is 32.2. The average molecular weight is 266 g/mol. The lowest BCUT2D eigenvalue weighted by molar-refractivity contribution is -0.118. The van der Waals surface area contributed by atoms with Crippen LogP contribution in [0.15, 0.2) is 29.2 Å². The molecule has 1 saturated heterocycles. The average Bonchev–Trinajstić information content (AvgIpc) is 2.40. The first-order chi connectivity index (χ1) is 8.66. The second-order valence-corrected chi connectivity index (χ2v) is 5.85. The Balaban J connectivity index is 2.02. The summed E-state index contributed by atoms with van der Waals surface area (Å²) in [4.78, 5) is 12.7. The number of nitrogens with one attached hydrogen (secondary N) is 2. The van der Waals surface area contributed by atoms with E-state index in [9.17, 15) is 9.00 Å². The molecule has 1 fully saturated rings. The molecule has 1 aromatic rings. The molecule has 2 rings (SSSR count). The number of hydrogen-bond acceptors (Lipinski definition) is 3. The minimum atomic E-state index is -1.03. The smallest absolute Gasteiger partial charge is 0.241 e. The lowest BCUT2D eigenvalue weighted by atomic mass is 10.0. The molecule has 0 bridgehead atoms. The summed E-state index contributed by atoms with van der Waals surface area (Å²) in [5.41, 5.74) is 0.708. The molecule has 1 aromatic carbocycles. The predicted octanol–water partition coefficient (Wildman–Crippen LogP) is 1.50. The minimum Gasteiger partial charge on any atom is -0.325 e. The summed E-state index contributed by atoms with van der Waals surface area (Å²) in [6.45, 7) is 0.900. The van der Waals surface area contributed by atoms with Crippen LogP contribution < -0.4 is 10.6 Å². The molecule has 18 heavy (non-hydrogen) atoms. The number of carbonyl (C=O) groups excluding carboxylic acids is 1. The molecule has 0 saturated carbocycles. The van der Waals surface area contributed by atoms with Gasteiger partial charge in [-0.05, 0) is 37.6 Å². The zero-order valence-corrected chi connectivity index (χ0v) is 11.3. The summed E-state index contributed by atoms with van der Waals surface area (Å²) in [6.07, 6.45) is 4.73. The Hall–Kier alpha value is -1.20. The highest BCUT2D eigenvalue weighted by Crippen LogP contribution is 2.15. The number of rotatable bonds is 3. The van der Waals surface area contributed by atoms with Crippen LogP contribution in [0.1, 0.15) is 19.3 Å². The van der Waals surface area contributed by atoms with Gasteiger partial charge in [-0.15, -0.1) is 0 Å². The van der Waals surface area contributed by atoms with Crippen LogP contribution in [0.3, 0.4) is 0 Å². The van der Waals surface area contributed by atoms with E-state index in [0.717, 1.165) is 30.7 Å². The zero-order valence-electron chi connectivity index (χ0n) is 10.4. The first-order valence-corrected chi connectivity index (χ1v) is 7.70. The van der Waals surface area contributed by atoms with E-state index < -0.39 is 10.8 Å². The molecule has 1 aliphatic heterocycles. The number of piperidine rings is 1. The summed E-state index contributed by atoms with van der Waals surface area (Å²) in [7, 11) is -1.03. The Morgan fingerprint density at radius 2 is 2.28 bits per heavy atom. The molecule has 2 N–H and O–H groups in total. The van der Waals surface area contributed by atoms with Crippen molar-refractivity contribution >= 4 is 22.4 Å². The van der Waals surface area contributed by atoms with Gasteiger partial charge in [0.2, 0.25) is 5.91 Å². The van der Waals surface area contributed by atoms with E-state index in [2.05, 4.69) is 10.6 Å². The van der Waals surface area contributed by atoms with Crippen molar-refractivity contribution in [3.8, 4) is 0 Å². The van der Waals surface area contributed by atoms with Crippen LogP contribution in [-0.4, -0.2) is 29.0 Å². The second kappa shape index (κ2) is 6.11. The Kier molecular flexibility index (Phi) is 4.49. The Morgan fingerprint density at radius 1 is 1.44 bits per heavy atom. The lowest BCUT2D eigenvalue weighted by Gasteiger charge is -2.22. The molecule has 1 heterocycles. The lowest BCUT2D eigenvalue weighted by Crippen LogP contribution is -2.43.